The number of amides is 2. The Bertz CT molecular complexity index is 1040. The molecule has 2 aromatic carbocycles. The highest BCUT2D eigenvalue weighted by Crippen LogP contribution is 2.26. The normalized spacial score (nSPS) is 10.4. The van der Waals surface area contributed by atoms with Crippen LogP contribution in [0.25, 0.3) is 0 Å². The topological polar surface area (TPSA) is 93.2 Å². The number of nitrogens with zero attached hydrogens (tertiary/aromatic N) is 2. The Kier molecular flexibility index (Phi) is 6.84. The van der Waals surface area contributed by atoms with E-state index in [1.807, 2.05) is 26.0 Å². The monoisotopic (exact) mass is 428 g/mol. The van der Waals surface area contributed by atoms with Crippen molar-refractivity contribution >= 4 is 45.7 Å². The number of hydrogen-bond donors (Lipinski definition) is 2. The van der Waals surface area contributed by atoms with Crippen LogP contribution in [0, 0.1) is 13.8 Å². The van der Waals surface area contributed by atoms with Gasteiger partial charge in [0.05, 0.1) is 12.9 Å². The highest BCUT2D eigenvalue weighted by Gasteiger charge is 2.12. The molecule has 3 rings (SSSR count). The number of benzene rings is 2. The van der Waals surface area contributed by atoms with Crippen LogP contribution in [-0.2, 0) is 4.79 Å². The average Bonchev–Trinajstić information content (AvgIpc) is 3.16. The first-order valence-electron chi connectivity index (χ1n) is 8.73. The molecule has 0 radical (unpaired) electrons. The largest absolute Gasteiger partial charge is 0.497 e. The number of aryl methyl sites for hydroxylation is 2. The van der Waals surface area contributed by atoms with Crippen molar-refractivity contribution in [1.82, 2.24) is 10.2 Å². The molecule has 29 heavy (non-hydrogen) atoms. The van der Waals surface area contributed by atoms with E-state index in [0.29, 0.717) is 26.5 Å². The molecule has 1 heterocycles. The number of carbonyl (C=O) groups excluding carboxylic acids is 2. The van der Waals surface area contributed by atoms with Gasteiger partial charge in [0.15, 0.2) is 4.34 Å². The summed E-state index contributed by atoms with van der Waals surface area (Å²) in [5.74, 6) is 0.441. The van der Waals surface area contributed by atoms with Crippen LogP contribution < -0.4 is 15.4 Å². The highest BCUT2D eigenvalue weighted by atomic mass is 32.2. The molecule has 0 fully saturated rings. The van der Waals surface area contributed by atoms with Gasteiger partial charge in [-0.3, -0.25) is 14.9 Å². The molecule has 0 saturated carbocycles. The molecule has 0 unspecified atom stereocenters. The van der Waals surface area contributed by atoms with Gasteiger partial charge in [-0.25, -0.2) is 0 Å². The van der Waals surface area contributed by atoms with E-state index in [1.165, 1.54) is 23.1 Å². The Morgan fingerprint density at radius 3 is 2.66 bits per heavy atom. The van der Waals surface area contributed by atoms with E-state index in [9.17, 15) is 9.59 Å². The van der Waals surface area contributed by atoms with E-state index in [0.717, 1.165) is 11.1 Å². The molecule has 2 amide bonds. The minimum absolute atomic E-state index is 0.167. The Morgan fingerprint density at radius 1 is 1.07 bits per heavy atom. The van der Waals surface area contributed by atoms with Crippen LogP contribution >= 0.6 is 23.1 Å². The fourth-order valence-corrected chi connectivity index (χ4v) is 3.94. The predicted octanol–water partition coefficient (Wildman–Crippen LogP) is 4.15. The fourth-order valence-electron chi connectivity index (χ4n) is 2.40. The molecular formula is C20H20N4O3S2. The molecule has 0 saturated heterocycles. The Hall–Kier alpha value is -2.91. The summed E-state index contributed by atoms with van der Waals surface area (Å²) >= 11 is 2.48. The minimum atomic E-state index is -0.239. The van der Waals surface area contributed by atoms with Crippen molar-refractivity contribution in [1.29, 1.82) is 0 Å². The third kappa shape index (κ3) is 5.78. The van der Waals surface area contributed by atoms with Gasteiger partial charge in [-0.2, -0.15) is 0 Å². The number of carbonyl (C=O) groups is 2. The summed E-state index contributed by atoms with van der Waals surface area (Å²) in [6.45, 7) is 3.96. The Balaban J connectivity index is 1.52. The maximum Gasteiger partial charge on any atom is 0.257 e. The smallest absolute Gasteiger partial charge is 0.257 e. The van der Waals surface area contributed by atoms with Crippen molar-refractivity contribution < 1.29 is 14.3 Å². The summed E-state index contributed by atoms with van der Waals surface area (Å²) in [6, 6.07) is 12.7. The molecule has 0 aliphatic heterocycles. The quantitative estimate of drug-likeness (QED) is 0.434. The van der Waals surface area contributed by atoms with Crippen LogP contribution in [0.2, 0.25) is 0 Å². The molecule has 0 bridgehead atoms. The minimum Gasteiger partial charge on any atom is -0.497 e. The number of methoxy groups -OCH3 is 1. The molecule has 1 aromatic heterocycles. The van der Waals surface area contributed by atoms with Crippen LogP contribution in [-0.4, -0.2) is 34.9 Å². The molecule has 2 N–H and O–H groups in total. The van der Waals surface area contributed by atoms with Crippen LogP contribution in [0.4, 0.5) is 10.8 Å². The summed E-state index contributed by atoms with van der Waals surface area (Å²) in [6.07, 6.45) is 0. The second-order valence-corrected chi connectivity index (χ2v) is 8.40. The summed E-state index contributed by atoms with van der Waals surface area (Å²) in [4.78, 5) is 24.5. The van der Waals surface area contributed by atoms with E-state index >= 15 is 0 Å². The molecule has 0 spiro atoms. The molecule has 0 aliphatic rings. The highest BCUT2D eigenvalue weighted by molar-refractivity contribution is 8.01. The number of nitrogens with one attached hydrogen (secondary N) is 2. The van der Waals surface area contributed by atoms with Gasteiger partial charge in [0.1, 0.15) is 5.75 Å². The molecule has 7 nitrogen and oxygen atoms in total. The van der Waals surface area contributed by atoms with E-state index < -0.39 is 0 Å². The third-order valence-corrected chi connectivity index (χ3v) is 6.05. The third-order valence-electron chi connectivity index (χ3n) is 4.08. The maximum atomic E-state index is 12.4. The lowest BCUT2D eigenvalue weighted by Crippen LogP contribution is -2.13. The van der Waals surface area contributed by atoms with Gasteiger partial charge in [-0.15, -0.1) is 10.2 Å². The van der Waals surface area contributed by atoms with Crippen molar-refractivity contribution in [3.63, 3.8) is 0 Å². The Labute approximate surface area is 176 Å². The second-order valence-electron chi connectivity index (χ2n) is 6.20. The fraction of sp³-hybridized carbons (Fsp3) is 0.200. The standard InChI is InChI=1S/C20H20N4O3S2/c1-12-7-8-14(9-13(12)2)18(26)22-19-23-24-20(29-19)28-11-17(25)21-15-5-4-6-16(10-15)27-3/h4-10H,11H2,1-3H3,(H,21,25)(H,22,23,26). The van der Waals surface area contributed by atoms with Crippen molar-refractivity contribution in [2.24, 2.45) is 0 Å². The summed E-state index contributed by atoms with van der Waals surface area (Å²) in [7, 11) is 1.57. The van der Waals surface area contributed by atoms with E-state index in [4.69, 9.17) is 4.74 Å². The Morgan fingerprint density at radius 2 is 1.90 bits per heavy atom. The second kappa shape index (κ2) is 9.53. The van der Waals surface area contributed by atoms with Gasteiger partial charge >= 0.3 is 0 Å². The van der Waals surface area contributed by atoms with Gasteiger partial charge in [-0.1, -0.05) is 35.2 Å². The van der Waals surface area contributed by atoms with Crippen molar-refractivity contribution in [2.75, 3.05) is 23.5 Å². The van der Waals surface area contributed by atoms with Crippen LogP contribution in [0.3, 0.4) is 0 Å². The van der Waals surface area contributed by atoms with Crippen molar-refractivity contribution in [2.45, 2.75) is 18.2 Å². The summed E-state index contributed by atoms with van der Waals surface area (Å²) in [5, 5.41) is 13.9. The first-order valence-corrected chi connectivity index (χ1v) is 10.5. The zero-order chi connectivity index (χ0) is 20.8. The lowest BCUT2D eigenvalue weighted by molar-refractivity contribution is -0.113. The number of rotatable bonds is 7. The van der Waals surface area contributed by atoms with Gasteiger partial charge in [-0.05, 0) is 49.2 Å². The molecule has 9 heteroatoms. The summed E-state index contributed by atoms with van der Waals surface area (Å²) in [5.41, 5.74) is 3.40. The zero-order valence-electron chi connectivity index (χ0n) is 16.2. The number of anilines is 2. The van der Waals surface area contributed by atoms with Gasteiger partial charge in [0, 0.05) is 17.3 Å². The van der Waals surface area contributed by atoms with Crippen molar-refractivity contribution in [3.05, 3.63) is 59.2 Å². The SMILES string of the molecule is COc1cccc(NC(=O)CSc2nnc(NC(=O)c3ccc(C)c(C)c3)s2)c1. The van der Waals surface area contributed by atoms with E-state index in [2.05, 4.69) is 20.8 Å². The molecule has 0 aliphatic carbocycles. The van der Waals surface area contributed by atoms with Crippen molar-refractivity contribution in [3.8, 4) is 5.75 Å². The number of ether oxygens (including phenoxy) is 1. The van der Waals surface area contributed by atoms with Crippen LogP contribution in [0.15, 0.2) is 46.8 Å². The average molecular weight is 429 g/mol. The first kappa shape index (κ1) is 20.8. The van der Waals surface area contributed by atoms with Crippen LogP contribution in [0.5, 0.6) is 5.75 Å². The summed E-state index contributed by atoms with van der Waals surface area (Å²) < 4.78 is 5.74. The van der Waals surface area contributed by atoms with Crippen LogP contribution in [0.1, 0.15) is 21.5 Å². The first-order chi connectivity index (χ1) is 13.9. The zero-order valence-corrected chi connectivity index (χ0v) is 17.8. The molecule has 3 aromatic rings. The van der Waals surface area contributed by atoms with Gasteiger partial charge in [0.25, 0.3) is 5.91 Å². The molecule has 0 atom stereocenters. The number of aromatic nitrogens is 2. The molecular weight excluding hydrogens is 408 g/mol. The number of hydrogen-bond acceptors (Lipinski definition) is 7. The molecule has 150 valence electrons. The lowest BCUT2D eigenvalue weighted by Gasteiger charge is -2.06. The van der Waals surface area contributed by atoms with Gasteiger partial charge in [0.2, 0.25) is 11.0 Å². The maximum absolute atomic E-state index is 12.4. The van der Waals surface area contributed by atoms with Gasteiger partial charge < -0.3 is 10.1 Å². The lowest BCUT2D eigenvalue weighted by atomic mass is 10.1. The van der Waals surface area contributed by atoms with E-state index in [-0.39, 0.29) is 17.6 Å². The predicted molar refractivity (Wildman–Crippen MR) is 116 cm³/mol. The number of thioether (sulfide) groups is 1. The van der Waals surface area contributed by atoms with E-state index in [1.54, 1.807) is 37.4 Å².